The van der Waals surface area contributed by atoms with E-state index in [1.807, 2.05) is 23.1 Å². The van der Waals surface area contributed by atoms with Gasteiger partial charge in [0.15, 0.2) is 5.78 Å². The first-order chi connectivity index (χ1) is 9.65. The first-order valence-electron chi connectivity index (χ1n) is 6.46. The van der Waals surface area contributed by atoms with Crippen molar-refractivity contribution in [3.05, 3.63) is 63.9 Å². The fourth-order valence-corrected chi connectivity index (χ4v) is 3.03. The SMILES string of the molecule is O=C(CN1CCc2ccc(F)cc21)c1ccccc1Br. The number of benzene rings is 2. The van der Waals surface area contributed by atoms with Gasteiger partial charge in [0.25, 0.3) is 0 Å². The van der Waals surface area contributed by atoms with Crippen molar-refractivity contribution in [3.8, 4) is 0 Å². The molecule has 1 aliphatic rings. The molecule has 1 aliphatic heterocycles. The van der Waals surface area contributed by atoms with Crippen molar-refractivity contribution < 1.29 is 9.18 Å². The van der Waals surface area contributed by atoms with Gasteiger partial charge in [0.05, 0.1) is 6.54 Å². The predicted molar refractivity (Wildman–Crippen MR) is 80.8 cm³/mol. The smallest absolute Gasteiger partial charge is 0.183 e. The van der Waals surface area contributed by atoms with Crippen LogP contribution in [-0.2, 0) is 6.42 Å². The molecule has 2 nitrogen and oxygen atoms in total. The van der Waals surface area contributed by atoms with E-state index in [-0.39, 0.29) is 18.1 Å². The summed E-state index contributed by atoms with van der Waals surface area (Å²) in [6.07, 6.45) is 0.860. The molecule has 3 rings (SSSR count). The van der Waals surface area contributed by atoms with Gasteiger partial charge in [-0.1, -0.05) is 40.2 Å². The molecule has 102 valence electrons. The first kappa shape index (κ1) is 13.3. The number of rotatable bonds is 3. The van der Waals surface area contributed by atoms with Crippen LogP contribution in [0.5, 0.6) is 0 Å². The highest BCUT2D eigenvalue weighted by atomic mass is 79.9. The standard InChI is InChI=1S/C16H13BrFNO/c17-14-4-2-1-3-13(14)16(20)10-19-8-7-11-5-6-12(18)9-15(11)19/h1-6,9H,7-8,10H2. The normalized spacial score (nSPS) is 13.4. The number of carbonyl (C=O) groups excluding carboxylic acids is 1. The quantitative estimate of drug-likeness (QED) is 0.795. The number of nitrogens with zero attached hydrogens (tertiary/aromatic N) is 1. The van der Waals surface area contributed by atoms with Gasteiger partial charge in [-0.3, -0.25) is 4.79 Å². The molecule has 20 heavy (non-hydrogen) atoms. The molecule has 0 saturated carbocycles. The summed E-state index contributed by atoms with van der Waals surface area (Å²) in [4.78, 5) is 14.3. The summed E-state index contributed by atoms with van der Waals surface area (Å²) >= 11 is 3.39. The molecular formula is C16H13BrFNO. The number of fused-ring (bicyclic) bond motifs is 1. The van der Waals surface area contributed by atoms with Gasteiger partial charge < -0.3 is 4.90 Å². The summed E-state index contributed by atoms with van der Waals surface area (Å²) in [6.45, 7) is 1.04. The topological polar surface area (TPSA) is 20.3 Å². The second-order valence-electron chi connectivity index (χ2n) is 4.85. The van der Waals surface area contributed by atoms with Crippen molar-refractivity contribution in [2.24, 2.45) is 0 Å². The van der Waals surface area contributed by atoms with E-state index < -0.39 is 0 Å². The summed E-state index contributed by atoms with van der Waals surface area (Å²) in [5.74, 6) is -0.224. The van der Waals surface area contributed by atoms with Crippen LogP contribution in [0.3, 0.4) is 0 Å². The molecule has 0 aromatic heterocycles. The maximum absolute atomic E-state index is 13.3. The lowest BCUT2D eigenvalue weighted by Crippen LogP contribution is -2.28. The highest BCUT2D eigenvalue weighted by molar-refractivity contribution is 9.10. The zero-order valence-corrected chi connectivity index (χ0v) is 12.4. The summed E-state index contributed by atoms with van der Waals surface area (Å²) in [5, 5.41) is 0. The van der Waals surface area contributed by atoms with Crippen LogP contribution in [0.4, 0.5) is 10.1 Å². The molecule has 2 aromatic carbocycles. The van der Waals surface area contributed by atoms with Gasteiger partial charge in [-0.2, -0.15) is 0 Å². The number of hydrogen-bond acceptors (Lipinski definition) is 2. The molecule has 0 saturated heterocycles. The van der Waals surface area contributed by atoms with Crippen LogP contribution in [-0.4, -0.2) is 18.9 Å². The van der Waals surface area contributed by atoms with Crippen molar-refractivity contribution in [3.63, 3.8) is 0 Å². The van der Waals surface area contributed by atoms with Crippen molar-refractivity contribution in [2.45, 2.75) is 6.42 Å². The van der Waals surface area contributed by atoms with Gasteiger partial charge in [-0.25, -0.2) is 4.39 Å². The molecule has 1 heterocycles. The lowest BCUT2D eigenvalue weighted by molar-refractivity contribution is 0.0999. The highest BCUT2D eigenvalue weighted by Gasteiger charge is 2.22. The maximum Gasteiger partial charge on any atom is 0.183 e. The Balaban J connectivity index is 1.82. The number of hydrogen-bond donors (Lipinski definition) is 0. The van der Waals surface area contributed by atoms with Gasteiger partial charge in [-0.05, 0) is 30.2 Å². The lowest BCUT2D eigenvalue weighted by atomic mass is 10.1. The number of Topliss-reactive ketones (excluding diaryl/α,β-unsaturated/α-hetero) is 1. The van der Waals surface area contributed by atoms with Gasteiger partial charge in [-0.15, -0.1) is 0 Å². The van der Waals surface area contributed by atoms with E-state index in [0.717, 1.165) is 28.7 Å². The van der Waals surface area contributed by atoms with E-state index in [4.69, 9.17) is 0 Å². The van der Waals surface area contributed by atoms with Crippen molar-refractivity contribution in [2.75, 3.05) is 18.0 Å². The minimum absolute atomic E-state index is 0.0367. The molecule has 2 aromatic rings. The second kappa shape index (κ2) is 5.37. The summed E-state index contributed by atoms with van der Waals surface area (Å²) in [7, 11) is 0. The average molecular weight is 334 g/mol. The van der Waals surface area contributed by atoms with Crippen LogP contribution in [0.15, 0.2) is 46.9 Å². The Labute approximate surface area is 125 Å². The Kier molecular flexibility index (Phi) is 3.57. The number of ketones is 1. The molecule has 0 radical (unpaired) electrons. The third-order valence-corrected chi connectivity index (χ3v) is 4.24. The fourth-order valence-electron chi connectivity index (χ4n) is 2.53. The van der Waals surface area contributed by atoms with Gasteiger partial charge in [0.1, 0.15) is 5.82 Å². The number of carbonyl (C=O) groups is 1. The van der Waals surface area contributed by atoms with Crippen LogP contribution in [0.1, 0.15) is 15.9 Å². The van der Waals surface area contributed by atoms with E-state index in [1.54, 1.807) is 12.1 Å². The molecule has 0 spiro atoms. The Morgan fingerprint density at radius 2 is 2.05 bits per heavy atom. The first-order valence-corrected chi connectivity index (χ1v) is 7.25. The van der Waals surface area contributed by atoms with Crippen molar-refractivity contribution >= 4 is 27.4 Å². The number of halogens is 2. The van der Waals surface area contributed by atoms with E-state index in [9.17, 15) is 9.18 Å². The number of anilines is 1. The van der Waals surface area contributed by atoms with Crippen LogP contribution in [0.2, 0.25) is 0 Å². The molecule has 0 amide bonds. The Hall–Kier alpha value is -1.68. The minimum atomic E-state index is -0.260. The molecule has 0 fully saturated rings. The Bertz CT molecular complexity index is 671. The zero-order valence-electron chi connectivity index (χ0n) is 10.8. The Morgan fingerprint density at radius 3 is 2.85 bits per heavy atom. The van der Waals surface area contributed by atoms with E-state index in [1.165, 1.54) is 12.1 Å². The minimum Gasteiger partial charge on any atom is -0.363 e. The second-order valence-corrected chi connectivity index (χ2v) is 5.70. The van der Waals surface area contributed by atoms with Gasteiger partial charge in [0.2, 0.25) is 0 Å². The lowest BCUT2D eigenvalue weighted by Gasteiger charge is -2.18. The molecular weight excluding hydrogens is 321 g/mol. The summed E-state index contributed by atoms with van der Waals surface area (Å²) < 4.78 is 14.1. The van der Waals surface area contributed by atoms with Crippen LogP contribution in [0.25, 0.3) is 0 Å². The van der Waals surface area contributed by atoms with Crippen LogP contribution < -0.4 is 4.90 Å². The van der Waals surface area contributed by atoms with E-state index in [2.05, 4.69) is 15.9 Å². The maximum atomic E-state index is 13.3. The summed E-state index contributed by atoms with van der Waals surface area (Å²) in [5.41, 5.74) is 2.61. The van der Waals surface area contributed by atoms with Gasteiger partial charge >= 0.3 is 0 Å². The average Bonchev–Trinajstić information content (AvgIpc) is 2.82. The largest absolute Gasteiger partial charge is 0.363 e. The monoisotopic (exact) mass is 333 g/mol. The molecule has 4 heteroatoms. The third-order valence-electron chi connectivity index (χ3n) is 3.55. The van der Waals surface area contributed by atoms with Crippen LogP contribution >= 0.6 is 15.9 Å². The predicted octanol–water partition coefficient (Wildman–Crippen LogP) is 3.83. The molecule has 0 N–H and O–H groups in total. The van der Waals surface area contributed by atoms with Crippen LogP contribution in [0, 0.1) is 5.82 Å². The molecule has 0 bridgehead atoms. The van der Waals surface area contributed by atoms with E-state index in [0.29, 0.717) is 5.56 Å². The highest BCUT2D eigenvalue weighted by Crippen LogP contribution is 2.29. The molecule has 0 aliphatic carbocycles. The molecule has 0 unspecified atom stereocenters. The fraction of sp³-hybridized carbons (Fsp3) is 0.188. The molecule has 0 atom stereocenters. The van der Waals surface area contributed by atoms with Crippen molar-refractivity contribution in [1.82, 2.24) is 0 Å². The summed E-state index contributed by atoms with van der Waals surface area (Å²) in [6, 6.07) is 12.2. The Morgan fingerprint density at radius 1 is 1.25 bits per heavy atom. The zero-order chi connectivity index (χ0) is 14.1. The third kappa shape index (κ3) is 2.48. The van der Waals surface area contributed by atoms with Crippen molar-refractivity contribution in [1.29, 1.82) is 0 Å². The van der Waals surface area contributed by atoms with E-state index >= 15 is 0 Å². The van der Waals surface area contributed by atoms with Gasteiger partial charge in [0, 0.05) is 22.3 Å².